The normalized spacial score (nSPS) is 12.1. The Labute approximate surface area is 109 Å². The predicted molar refractivity (Wildman–Crippen MR) is 71.8 cm³/mol. The molecule has 2 N–H and O–H groups in total. The van der Waals surface area contributed by atoms with Gasteiger partial charge in [0.15, 0.2) is 0 Å². The number of carbonyl (C=O) groups excluding carboxylic acids is 2. The van der Waals surface area contributed by atoms with Gasteiger partial charge < -0.3 is 5.73 Å². The maximum absolute atomic E-state index is 12.0. The van der Waals surface area contributed by atoms with Crippen molar-refractivity contribution in [3.8, 4) is 0 Å². The molecule has 0 aliphatic rings. The molecule has 1 atom stereocenters. The number of rotatable bonds is 4. The summed E-state index contributed by atoms with van der Waals surface area (Å²) in [6, 6.07) is 10.7. The molecule has 1 aromatic heterocycles. The monoisotopic (exact) mass is 259 g/mol. The van der Waals surface area contributed by atoms with Gasteiger partial charge >= 0.3 is 0 Å². The minimum atomic E-state index is -0.368. The van der Waals surface area contributed by atoms with Crippen LogP contribution in [0.15, 0.2) is 41.8 Å². The minimum absolute atomic E-state index is 0.00304. The third kappa shape index (κ3) is 2.49. The highest BCUT2D eigenvalue weighted by Crippen LogP contribution is 2.19. The Bertz CT molecular complexity index is 558. The lowest BCUT2D eigenvalue weighted by Crippen LogP contribution is -2.18. The van der Waals surface area contributed by atoms with Gasteiger partial charge in [-0.2, -0.15) is 0 Å². The minimum Gasteiger partial charge on any atom is -0.369 e. The first-order chi connectivity index (χ1) is 8.59. The molecule has 1 aromatic carbocycles. The van der Waals surface area contributed by atoms with Gasteiger partial charge in [-0.05, 0) is 23.9 Å². The van der Waals surface area contributed by atoms with Gasteiger partial charge in [0.05, 0.1) is 10.8 Å². The molecule has 0 bridgehead atoms. The number of benzene rings is 1. The maximum Gasteiger partial charge on any atom is 0.224 e. The van der Waals surface area contributed by atoms with Crippen LogP contribution in [0.1, 0.15) is 33.6 Å². The van der Waals surface area contributed by atoms with Crippen LogP contribution in [0.3, 0.4) is 0 Å². The molecule has 0 radical (unpaired) electrons. The zero-order chi connectivity index (χ0) is 13.1. The van der Waals surface area contributed by atoms with Gasteiger partial charge in [-0.25, -0.2) is 0 Å². The number of hydrogen-bond donors (Lipinski definition) is 1. The van der Waals surface area contributed by atoms with Crippen molar-refractivity contribution in [1.82, 2.24) is 0 Å². The van der Waals surface area contributed by atoms with Gasteiger partial charge in [-0.3, -0.25) is 9.59 Å². The molecule has 92 valence electrons. The van der Waals surface area contributed by atoms with Crippen molar-refractivity contribution >= 4 is 23.0 Å². The van der Waals surface area contributed by atoms with Gasteiger partial charge in [-0.1, -0.05) is 30.3 Å². The van der Waals surface area contributed by atoms with Crippen LogP contribution in [0.5, 0.6) is 0 Å². The fourth-order valence-corrected chi connectivity index (χ4v) is 2.32. The molecule has 1 amide bonds. The number of ketones is 1. The molecule has 0 saturated heterocycles. The first kappa shape index (κ1) is 12.5. The van der Waals surface area contributed by atoms with Crippen molar-refractivity contribution in [1.29, 1.82) is 0 Å². The average molecular weight is 259 g/mol. The smallest absolute Gasteiger partial charge is 0.224 e. The molecule has 18 heavy (non-hydrogen) atoms. The summed E-state index contributed by atoms with van der Waals surface area (Å²) in [4.78, 5) is 23.8. The third-order valence-electron chi connectivity index (χ3n) is 2.84. The van der Waals surface area contributed by atoms with E-state index in [-0.39, 0.29) is 17.6 Å². The van der Waals surface area contributed by atoms with E-state index in [0.29, 0.717) is 10.4 Å². The van der Waals surface area contributed by atoms with Crippen LogP contribution in [0, 0.1) is 0 Å². The molecule has 0 aliphatic heterocycles. The molecule has 3 nitrogen and oxygen atoms in total. The van der Waals surface area contributed by atoms with Crippen LogP contribution in [0.25, 0.3) is 0 Å². The second-order valence-corrected chi connectivity index (χ2v) is 5.00. The molecule has 0 unspecified atom stereocenters. The number of thiophene rings is 1. The fraction of sp³-hybridized carbons (Fsp3) is 0.143. The van der Waals surface area contributed by atoms with E-state index >= 15 is 0 Å². The Kier molecular flexibility index (Phi) is 3.58. The van der Waals surface area contributed by atoms with Crippen molar-refractivity contribution < 1.29 is 9.59 Å². The number of amides is 1. The van der Waals surface area contributed by atoms with Crippen molar-refractivity contribution in [2.45, 2.75) is 12.8 Å². The molecule has 4 heteroatoms. The van der Waals surface area contributed by atoms with E-state index in [2.05, 4.69) is 0 Å². The highest BCUT2D eigenvalue weighted by molar-refractivity contribution is 7.12. The predicted octanol–water partition coefficient (Wildman–Crippen LogP) is 2.57. The zero-order valence-corrected chi connectivity index (χ0v) is 10.7. The number of hydrogen-bond acceptors (Lipinski definition) is 3. The van der Waals surface area contributed by atoms with Crippen molar-refractivity contribution in [2.75, 3.05) is 0 Å². The topological polar surface area (TPSA) is 60.2 Å². The summed E-state index contributed by atoms with van der Waals surface area (Å²) >= 11 is 1.42. The second kappa shape index (κ2) is 5.14. The van der Waals surface area contributed by atoms with Crippen molar-refractivity contribution in [3.63, 3.8) is 0 Å². The maximum atomic E-state index is 12.0. The van der Waals surface area contributed by atoms with Crippen molar-refractivity contribution in [2.24, 2.45) is 5.73 Å². The van der Waals surface area contributed by atoms with E-state index in [0.717, 1.165) is 5.56 Å². The third-order valence-corrected chi connectivity index (χ3v) is 3.71. The second-order valence-electron chi connectivity index (χ2n) is 4.05. The van der Waals surface area contributed by atoms with Gasteiger partial charge in [-0.15, -0.1) is 11.3 Å². The van der Waals surface area contributed by atoms with E-state index < -0.39 is 0 Å². The molecule has 0 fully saturated rings. The standard InChI is InChI=1S/C14H13NO2S/c1-9(14(15)17)10-4-6-11(7-5-10)13(16)12-3-2-8-18-12/h2-9H,1H3,(H2,15,17)/t9-/m0/s1. The summed E-state index contributed by atoms with van der Waals surface area (Å²) in [5.74, 6) is -0.702. The number of nitrogens with two attached hydrogens (primary N) is 1. The van der Waals surface area contributed by atoms with Crippen LogP contribution in [-0.2, 0) is 4.79 Å². The first-order valence-electron chi connectivity index (χ1n) is 5.57. The Hall–Kier alpha value is -1.94. The van der Waals surface area contributed by atoms with Crippen LogP contribution >= 0.6 is 11.3 Å². The summed E-state index contributed by atoms with van der Waals surface area (Å²) in [6.07, 6.45) is 0. The highest BCUT2D eigenvalue weighted by Gasteiger charge is 2.13. The average Bonchev–Trinajstić information content (AvgIpc) is 2.91. The van der Waals surface area contributed by atoms with Crippen LogP contribution in [0.4, 0.5) is 0 Å². The van der Waals surface area contributed by atoms with Crippen LogP contribution in [-0.4, -0.2) is 11.7 Å². The van der Waals surface area contributed by atoms with Gasteiger partial charge in [0.25, 0.3) is 0 Å². The largest absolute Gasteiger partial charge is 0.369 e. The quantitative estimate of drug-likeness (QED) is 0.858. The molecule has 2 rings (SSSR count). The SMILES string of the molecule is C[C@H](C(N)=O)c1ccc(C(=O)c2cccs2)cc1. The van der Waals surface area contributed by atoms with Crippen LogP contribution in [0.2, 0.25) is 0 Å². The van der Waals surface area contributed by atoms with E-state index in [4.69, 9.17) is 5.73 Å². The number of primary amides is 1. The highest BCUT2D eigenvalue weighted by atomic mass is 32.1. The fourth-order valence-electron chi connectivity index (χ4n) is 1.64. The van der Waals surface area contributed by atoms with E-state index in [1.807, 2.05) is 11.4 Å². The molecule has 0 saturated carbocycles. The Balaban J connectivity index is 2.23. The van der Waals surface area contributed by atoms with E-state index in [1.54, 1.807) is 37.3 Å². The Morgan fingerprint density at radius 1 is 1.17 bits per heavy atom. The molecule has 0 aliphatic carbocycles. The van der Waals surface area contributed by atoms with E-state index in [1.165, 1.54) is 11.3 Å². The number of carbonyl (C=O) groups is 2. The molecular formula is C14H13NO2S. The zero-order valence-electron chi connectivity index (χ0n) is 9.92. The molecular weight excluding hydrogens is 246 g/mol. The lowest BCUT2D eigenvalue weighted by atomic mass is 9.98. The van der Waals surface area contributed by atoms with Gasteiger partial charge in [0.1, 0.15) is 0 Å². The summed E-state index contributed by atoms with van der Waals surface area (Å²) in [7, 11) is 0. The molecule has 2 aromatic rings. The van der Waals surface area contributed by atoms with Gasteiger partial charge in [0.2, 0.25) is 11.7 Å². The Morgan fingerprint density at radius 3 is 2.33 bits per heavy atom. The van der Waals surface area contributed by atoms with Gasteiger partial charge in [0, 0.05) is 5.56 Å². The lowest BCUT2D eigenvalue weighted by Gasteiger charge is -2.07. The summed E-state index contributed by atoms with van der Waals surface area (Å²) in [6.45, 7) is 1.75. The lowest BCUT2D eigenvalue weighted by molar-refractivity contribution is -0.119. The summed E-state index contributed by atoms with van der Waals surface area (Å²) in [5, 5.41) is 1.87. The van der Waals surface area contributed by atoms with Crippen LogP contribution < -0.4 is 5.73 Å². The molecule has 0 spiro atoms. The van der Waals surface area contributed by atoms with E-state index in [9.17, 15) is 9.59 Å². The summed E-state index contributed by atoms with van der Waals surface area (Å²) in [5.41, 5.74) is 6.69. The first-order valence-corrected chi connectivity index (χ1v) is 6.45. The Morgan fingerprint density at radius 2 is 1.83 bits per heavy atom. The molecule has 1 heterocycles. The van der Waals surface area contributed by atoms with Crippen molar-refractivity contribution in [3.05, 3.63) is 57.8 Å². The summed E-state index contributed by atoms with van der Waals surface area (Å²) < 4.78 is 0.